The Hall–Kier alpha value is -3.62. The Morgan fingerprint density at radius 1 is 1.11 bits per heavy atom. The summed E-state index contributed by atoms with van der Waals surface area (Å²) in [5.41, 5.74) is 1.10. The maximum absolute atomic E-state index is 14.0. The Labute approximate surface area is 161 Å². The lowest BCUT2D eigenvalue weighted by Gasteiger charge is -2.16. The summed E-state index contributed by atoms with van der Waals surface area (Å²) in [4.78, 5) is 37.0. The number of nitrogens with one attached hydrogen (secondary N) is 4. The SMILES string of the molecule is O=C(CCNC(=O)Nc1cc(N2CCNC2=O)ccc1F)Nc1ccccc1. The van der Waals surface area contributed by atoms with Crippen molar-refractivity contribution in [2.75, 3.05) is 35.2 Å². The molecule has 0 spiro atoms. The first-order valence-electron chi connectivity index (χ1n) is 8.77. The molecule has 0 unspecified atom stereocenters. The van der Waals surface area contributed by atoms with E-state index in [0.717, 1.165) is 0 Å². The topological polar surface area (TPSA) is 103 Å². The zero-order chi connectivity index (χ0) is 19.9. The number of para-hydroxylation sites is 1. The molecule has 0 aromatic heterocycles. The largest absolute Gasteiger partial charge is 0.337 e. The molecule has 1 heterocycles. The first kappa shape index (κ1) is 19.2. The number of carbonyl (C=O) groups excluding carboxylic acids is 3. The van der Waals surface area contributed by atoms with E-state index in [1.807, 2.05) is 6.07 Å². The minimum Gasteiger partial charge on any atom is -0.337 e. The number of carbonyl (C=O) groups is 3. The van der Waals surface area contributed by atoms with E-state index in [1.165, 1.54) is 23.1 Å². The number of benzene rings is 2. The van der Waals surface area contributed by atoms with Gasteiger partial charge in [-0.25, -0.2) is 14.0 Å². The molecule has 4 N–H and O–H groups in total. The number of anilines is 3. The second kappa shape index (κ2) is 8.85. The molecule has 0 saturated carbocycles. The molecule has 0 atom stereocenters. The maximum atomic E-state index is 14.0. The molecule has 28 heavy (non-hydrogen) atoms. The van der Waals surface area contributed by atoms with Crippen LogP contribution in [-0.4, -0.2) is 37.6 Å². The van der Waals surface area contributed by atoms with Crippen molar-refractivity contribution in [3.8, 4) is 0 Å². The third-order valence-corrected chi connectivity index (χ3v) is 4.06. The van der Waals surface area contributed by atoms with Crippen LogP contribution in [0.3, 0.4) is 0 Å². The van der Waals surface area contributed by atoms with Gasteiger partial charge >= 0.3 is 12.1 Å². The van der Waals surface area contributed by atoms with Crippen molar-refractivity contribution in [1.29, 1.82) is 0 Å². The number of halogens is 1. The standard InChI is InChI=1S/C19H20FN5O3/c20-15-7-6-14(25-11-10-22-19(25)28)12-16(15)24-18(27)21-9-8-17(26)23-13-4-2-1-3-5-13/h1-7,12H,8-11H2,(H,22,28)(H,23,26)(H2,21,24,27). The Morgan fingerprint density at radius 3 is 2.61 bits per heavy atom. The van der Waals surface area contributed by atoms with E-state index < -0.39 is 11.8 Å². The van der Waals surface area contributed by atoms with Gasteiger partial charge in [-0.2, -0.15) is 0 Å². The fraction of sp³-hybridized carbons (Fsp3) is 0.211. The molecule has 0 radical (unpaired) electrons. The van der Waals surface area contributed by atoms with Crippen LogP contribution in [0.2, 0.25) is 0 Å². The molecule has 2 aromatic carbocycles. The molecule has 1 fully saturated rings. The van der Waals surface area contributed by atoms with Gasteiger partial charge < -0.3 is 21.3 Å². The minimum absolute atomic E-state index is 0.0524. The van der Waals surface area contributed by atoms with Crippen LogP contribution in [0.1, 0.15) is 6.42 Å². The van der Waals surface area contributed by atoms with Gasteiger partial charge in [-0.1, -0.05) is 18.2 Å². The van der Waals surface area contributed by atoms with Crippen LogP contribution in [0.15, 0.2) is 48.5 Å². The second-order valence-electron chi connectivity index (χ2n) is 6.09. The zero-order valence-electron chi connectivity index (χ0n) is 15.0. The first-order valence-corrected chi connectivity index (χ1v) is 8.77. The lowest BCUT2D eigenvalue weighted by Crippen LogP contribution is -2.32. The van der Waals surface area contributed by atoms with Gasteiger partial charge in [0.05, 0.1) is 5.69 Å². The minimum atomic E-state index is -0.644. The van der Waals surface area contributed by atoms with Gasteiger partial charge in [0, 0.05) is 37.4 Å². The van der Waals surface area contributed by atoms with Crippen LogP contribution in [0.25, 0.3) is 0 Å². The van der Waals surface area contributed by atoms with Gasteiger partial charge in [-0.05, 0) is 30.3 Å². The van der Waals surface area contributed by atoms with Crippen LogP contribution >= 0.6 is 0 Å². The van der Waals surface area contributed by atoms with E-state index in [4.69, 9.17) is 0 Å². The fourth-order valence-electron chi connectivity index (χ4n) is 2.70. The Morgan fingerprint density at radius 2 is 1.89 bits per heavy atom. The highest BCUT2D eigenvalue weighted by atomic mass is 19.1. The molecular formula is C19H20FN5O3. The van der Waals surface area contributed by atoms with Crippen molar-refractivity contribution in [3.05, 3.63) is 54.3 Å². The molecule has 0 aliphatic carbocycles. The molecule has 146 valence electrons. The van der Waals surface area contributed by atoms with Crippen LogP contribution in [0.4, 0.5) is 31.0 Å². The van der Waals surface area contributed by atoms with Gasteiger partial charge in [-0.15, -0.1) is 0 Å². The van der Waals surface area contributed by atoms with Crippen LogP contribution in [0.5, 0.6) is 0 Å². The monoisotopic (exact) mass is 385 g/mol. The van der Waals surface area contributed by atoms with E-state index in [0.29, 0.717) is 24.5 Å². The smallest absolute Gasteiger partial charge is 0.321 e. The molecule has 9 heteroatoms. The molecule has 1 saturated heterocycles. The van der Waals surface area contributed by atoms with Gasteiger partial charge in [0.15, 0.2) is 0 Å². The molecular weight excluding hydrogens is 365 g/mol. The molecule has 0 bridgehead atoms. The fourth-order valence-corrected chi connectivity index (χ4v) is 2.70. The van der Waals surface area contributed by atoms with Gasteiger partial charge in [0.2, 0.25) is 5.91 Å². The molecule has 2 aromatic rings. The highest BCUT2D eigenvalue weighted by Crippen LogP contribution is 2.24. The number of hydrogen-bond acceptors (Lipinski definition) is 3. The highest BCUT2D eigenvalue weighted by Gasteiger charge is 2.22. The number of amides is 5. The molecule has 1 aliphatic heterocycles. The van der Waals surface area contributed by atoms with E-state index in [9.17, 15) is 18.8 Å². The normalized spacial score (nSPS) is 13.0. The van der Waals surface area contributed by atoms with E-state index in [-0.39, 0.29) is 30.6 Å². The van der Waals surface area contributed by atoms with Crippen molar-refractivity contribution < 1.29 is 18.8 Å². The number of urea groups is 2. The summed E-state index contributed by atoms with van der Waals surface area (Å²) in [6, 6.07) is 12.1. The number of rotatable bonds is 6. The number of hydrogen-bond donors (Lipinski definition) is 4. The van der Waals surface area contributed by atoms with E-state index in [1.54, 1.807) is 24.3 Å². The Bertz CT molecular complexity index is 875. The van der Waals surface area contributed by atoms with Gasteiger partial charge in [0.25, 0.3) is 0 Å². The van der Waals surface area contributed by atoms with Crippen LogP contribution in [0, 0.1) is 5.82 Å². The van der Waals surface area contributed by atoms with Crippen molar-refractivity contribution in [2.24, 2.45) is 0 Å². The van der Waals surface area contributed by atoms with Gasteiger partial charge in [0.1, 0.15) is 5.82 Å². The average Bonchev–Trinajstić information content (AvgIpc) is 3.10. The summed E-state index contributed by atoms with van der Waals surface area (Å²) in [7, 11) is 0. The van der Waals surface area contributed by atoms with Crippen molar-refractivity contribution in [2.45, 2.75) is 6.42 Å². The highest BCUT2D eigenvalue weighted by molar-refractivity contribution is 5.96. The van der Waals surface area contributed by atoms with Crippen molar-refractivity contribution >= 4 is 35.0 Å². The van der Waals surface area contributed by atoms with Crippen LogP contribution in [-0.2, 0) is 4.79 Å². The lowest BCUT2D eigenvalue weighted by atomic mass is 10.2. The predicted molar refractivity (Wildman–Crippen MR) is 104 cm³/mol. The quantitative estimate of drug-likeness (QED) is 0.614. The predicted octanol–water partition coefficient (Wildman–Crippen LogP) is 2.51. The van der Waals surface area contributed by atoms with E-state index >= 15 is 0 Å². The summed E-state index contributed by atoms with van der Waals surface area (Å²) >= 11 is 0. The second-order valence-corrected chi connectivity index (χ2v) is 6.09. The summed E-state index contributed by atoms with van der Waals surface area (Å²) in [6.07, 6.45) is 0.0682. The molecule has 8 nitrogen and oxygen atoms in total. The lowest BCUT2D eigenvalue weighted by molar-refractivity contribution is -0.116. The Balaban J connectivity index is 1.49. The average molecular weight is 385 g/mol. The maximum Gasteiger partial charge on any atom is 0.321 e. The third kappa shape index (κ3) is 4.97. The summed E-state index contributed by atoms with van der Waals surface area (Å²) in [5.74, 6) is -0.875. The summed E-state index contributed by atoms with van der Waals surface area (Å²) < 4.78 is 14.0. The van der Waals surface area contributed by atoms with Crippen LogP contribution < -0.4 is 26.2 Å². The van der Waals surface area contributed by atoms with Crippen molar-refractivity contribution in [3.63, 3.8) is 0 Å². The molecule has 3 rings (SSSR count). The Kier molecular flexibility index (Phi) is 6.05. The van der Waals surface area contributed by atoms with E-state index in [2.05, 4.69) is 21.3 Å². The number of nitrogens with zero attached hydrogens (tertiary/aromatic N) is 1. The molecule has 5 amide bonds. The zero-order valence-corrected chi connectivity index (χ0v) is 15.0. The molecule has 1 aliphatic rings. The third-order valence-electron chi connectivity index (χ3n) is 4.06. The summed E-state index contributed by atoms with van der Waals surface area (Å²) in [6.45, 7) is 1.05. The van der Waals surface area contributed by atoms with Crippen molar-refractivity contribution in [1.82, 2.24) is 10.6 Å². The first-order chi connectivity index (χ1) is 13.5. The van der Waals surface area contributed by atoms with Gasteiger partial charge in [-0.3, -0.25) is 9.69 Å². The summed E-state index contributed by atoms with van der Waals surface area (Å²) in [5, 5.41) is 10.3.